The highest BCUT2D eigenvalue weighted by molar-refractivity contribution is 6.83. The molecule has 0 aliphatic heterocycles. The zero-order valence-corrected chi connectivity index (χ0v) is 14.5. The molecule has 0 unspecified atom stereocenters. The lowest BCUT2D eigenvalue weighted by atomic mass is 10.1. The molecule has 112 valence electrons. The summed E-state index contributed by atoms with van der Waals surface area (Å²) in [5, 5.41) is 9.74. The van der Waals surface area contributed by atoms with Crippen molar-refractivity contribution in [1.82, 2.24) is 0 Å². The van der Waals surface area contributed by atoms with Crippen LogP contribution in [0.15, 0.2) is 36.5 Å². The van der Waals surface area contributed by atoms with Crippen LogP contribution in [0.3, 0.4) is 0 Å². The van der Waals surface area contributed by atoms with Gasteiger partial charge in [0.25, 0.3) is 0 Å². The average molecular weight is 291 g/mol. The van der Waals surface area contributed by atoms with Crippen LogP contribution in [-0.2, 0) is 0 Å². The van der Waals surface area contributed by atoms with E-state index in [-0.39, 0.29) is 0 Å². The van der Waals surface area contributed by atoms with Crippen molar-refractivity contribution in [1.29, 1.82) is 0 Å². The molecular formula is C18H30OSi. The van der Waals surface area contributed by atoms with E-state index in [1.54, 1.807) is 0 Å². The molecule has 0 aliphatic carbocycles. The van der Waals surface area contributed by atoms with E-state index in [9.17, 15) is 5.11 Å². The SMILES string of the molecule is CCCCC/C=C\C[C@@H](O)/C=C\C=C\C#C[Si](C)(C)C. The van der Waals surface area contributed by atoms with E-state index in [1.807, 2.05) is 24.3 Å². The van der Waals surface area contributed by atoms with E-state index in [4.69, 9.17) is 0 Å². The van der Waals surface area contributed by atoms with Crippen molar-refractivity contribution < 1.29 is 5.11 Å². The molecule has 0 saturated carbocycles. The van der Waals surface area contributed by atoms with Crippen LogP contribution in [-0.4, -0.2) is 19.3 Å². The fourth-order valence-electron chi connectivity index (χ4n) is 1.50. The average Bonchev–Trinajstić information content (AvgIpc) is 2.36. The Labute approximate surface area is 126 Å². The number of unbranched alkanes of at least 4 members (excludes halogenated alkanes) is 3. The fraction of sp³-hybridized carbons (Fsp3) is 0.556. The molecule has 0 aromatic heterocycles. The van der Waals surface area contributed by atoms with Gasteiger partial charge >= 0.3 is 0 Å². The monoisotopic (exact) mass is 290 g/mol. The summed E-state index contributed by atoms with van der Waals surface area (Å²) in [5.74, 6) is 3.06. The Morgan fingerprint density at radius 2 is 1.85 bits per heavy atom. The van der Waals surface area contributed by atoms with Gasteiger partial charge in [-0.25, -0.2) is 0 Å². The van der Waals surface area contributed by atoms with Crippen molar-refractivity contribution in [2.45, 2.75) is 64.8 Å². The van der Waals surface area contributed by atoms with Gasteiger partial charge in [0, 0.05) is 0 Å². The Hall–Kier alpha value is -1.04. The van der Waals surface area contributed by atoms with Crippen molar-refractivity contribution in [3.05, 3.63) is 36.5 Å². The third kappa shape index (κ3) is 15.0. The lowest BCUT2D eigenvalue weighted by Gasteiger charge is -2.02. The summed E-state index contributed by atoms with van der Waals surface area (Å²) in [5.41, 5.74) is 3.26. The van der Waals surface area contributed by atoms with E-state index in [1.165, 1.54) is 19.3 Å². The molecule has 1 N–H and O–H groups in total. The maximum atomic E-state index is 9.74. The van der Waals surface area contributed by atoms with E-state index in [2.05, 4.69) is 50.2 Å². The minimum Gasteiger partial charge on any atom is -0.389 e. The molecule has 0 saturated heterocycles. The van der Waals surface area contributed by atoms with Crippen LogP contribution < -0.4 is 0 Å². The maximum absolute atomic E-state index is 9.74. The molecule has 0 aliphatic rings. The van der Waals surface area contributed by atoms with Crippen LogP contribution in [0.25, 0.3) is 0 Å². The lowest BCUT2D eigenvalue weighted by molar-refractivity contribution is 0.227. The molecule has 0 radical (unpaired) electrons. The summed E-state index contributed by atoms with van der Waals surface area (Å²) < 4.78 is 0. The van der Waals surface area contributed by atoms with E-state index in [0.717, 1.165) is 6.42 Å². The molecule has 0 amide bonds. The van der Waals surface area contributed by atoms with Gasteiger partial charge in [-0.2, -0.15) is 0 Å². The molecule has 2 heteroatoms. The Morgan fingerprint density at radius 1 is 1.10 bits per heavy atom. The summed E-state index contributed by atoms with van der Waals surface area (Å²) in [4.78, 5) is 0. The molecule has 0 rings (SSSR count). The number of hydrogen-bond donors (Lipinski definition) is 1. The summed E-state index contributed by atoms with van der Waals surface area (Å²) in [6, 6.07) is 0. The number of aliphatic hydroxyl groups excluding tert-OH is 1. The molecule has 1 nitrogen and oxygen atoms in total. The molecule has 0 heterocycles. The summed E-state index contributed by atoms with van der Waals surface area (Å²) in [6.45, 7) is 8.88. The zero-order valence-electron chi connectivity index (χ0n) is 13.5. The van der Waals surface area contributed by atoms with Crippen LogP contribution in [0.4, 0.5) is 0 Å². The first-order valence-electron chi connectivity index (χ1n) is 7.65. The van der Waals surface area contributed by atoms with Crippen molar-refractivity contribution >= 4 is 8.07 Å². The van der Waals surface area contributed by atoms with Gasteiger partial charge in [0.15, 0.2) is 0 Å². The van der Waals surface area contributed by atoms with Crippen LogP contribution in [0.5, 0.6) is 0 Å². The molecule has 0 spiro atoms. The molecular weight excluding hydrogens is 260 g/mol. The molecule has 0 fully saturated rings. The highest BCUT2D eigenvalue weighted by atomic mass is 28.3. The van der Waals surface area contributed by atoms with Gasteiger partial charge in [-0.15, -0.1) is 5.54 Å². The topological polar surface area (TPSA) is 20.2 Å². The molecule has 1 atom stereocenters. The Morgan fingerprint density at radius 3 is 2.50 bits per heavy atom. The van der Waals surface area contributed by atoms with Crippen LogP contribution in [0, 0.1) is 11.5 Å². The quantitative estimate of drug-likeness (QED) is 0.222. The highest BCUT2D eigenvalue weighted by Crippen LogP contribution is 2.02. The van der Waals surface area contributed by atoms with Crippen molar-refractivity contribution in [2.24, 2.45) is 0 Å². The van der Waals surface area contributed by atoms with Crippen molar-refractivity contribution in [3.8, 4) is 11.5 Å². The Bertz CT molecular complexity index is 374. The molecule has 0 aromatic rings. The van der Waals surface area contributed by atoms with Gasteiger partial charge in [-0.3, -0.25) is 0 Å². The first kappa shape index (κ1) is 19.0. The number of rotatable bonds is 8. The number of allylic oxidation sites excluding steroid dienone is 4. The fourth-order valence-corrected chi connectivity index (χ4v) is 2.01. The first-order valence-corrected chi connectivity index (χ1v) is 11.1. The predicted octanol–water partition coefficient (Wildman–Crippen LogP) is 4.87. The summed E-state index contributed by atoms with van der Waals surface area (Å²) in [7, 11) is -1.27. The number of aliphatic hydroxyl groups is 1. The van der Waals surface area contributed by atoms with E-state index >= 15 is 0 Å². The third-order valence-electron chi connectivity index (χ3n) is 2.59. The largest absolute Gasteiger partial charge is 0.389 e. The van der Waals surface area contributed by atoms with Gasteiger partial charge in [-0.05, 0) is 25.3 Å². The molecule has 0 bridgehead atoms. The second-order valence-electron chi connectivity index (χ2n) is 6.03. The highest BCUT2D eigenvalue weighted by Gasteiger charge is 2.06. The smallest absolute Gasteiger partial charge is 0.129 e. The lowest BCUT2D eigenvalue weighted by Crippen LogP contribution is -2.16. The third-order valence-corrected chi connectivity index (χ3v) is 3.48. The number of hydrogen-bond acceptors (Lipinski definition) is 1. The van der Waals surface area contributed by atoms with Gasteiger partial charge in [0.2, 0.25) is 0 Å². The predicted molar refractivity (Wildman–Crippen MR) is 93.3 cm³/mol. The Kier molecular flexibility index (Phi) is 11.1. The van der Waals surface area contributed by atoms with Crippen LogP contribution in [0.1, 0.15) is 39.0 Å². The second-order valence-corrected chi connectivity index (χ2v) is 10.8. The second kappa shape index (κ2) is 11.8. The van der Waals surface area contributed by atoms with E-state index in [0.29, 0.717) is 6.42 Å². The first-order chi connectivity index (χ1) is 9.45. The summed E-state index contributed by atoms with van der Waals surface area (Å²) in [6.07, 6.45) is 16.9. The van der Waals surface area contributed by atoms with Crippen molar-refractivity contribution in [3.63, 3.8) is 0 Å². The minimum absolute atomic E-state index is 0.396. The van der Waals surface area contributed by atoms with Crippen LogP contribution in [0.2, 0.25) is 19.6 Å². The van der Waals surface area contributed by atoms with Gasteiger partial charge in [0.1, 0.15) is 8.07 Å². The molecule has 0 aromatic carbocycles. The van der Waals surface area contributed by atoms with Crippen molar-refractivity contribution in [2.75, 3.05) is 0 Å². The summed E-state index contributed by atoms with van der Waals surface area (Å²) >= 11 is 0. The van der Waals surface area contributed by atoms with Crippen LogP contribution >= 0.6 is 0 Å². The minimum atomic E-state index is -1.27. The zero-order chi connectivity index (χ0) is 15.3. The van der Waals surface area contributed by atoms with E-state index < -0.39 is 14.2 Å². The Balaban J connectivity index is 3.84. The molecule has 20 heavy (non-hydrogen) atoms. The standard InChI is InChI=1S/C18H30OSi/c1-5-6-7-8-9-12-15-18(19)16-13-10-11-14-17-20(2,3)4/h9-13,16,18-19H,5-8,15H2,1-4H3/b11-10+,12-9-,16-13-/t18-/m1/s1. The van der Waals surface area contributed by atoms with Gasteiger partial charge in [-0.1, -0.05) is 75.7 Å². The normalized spacial score (nSPS) is 14.1. The van der Waals surface area contributed by atoms with Gasteiger partial charge < -0.3 is 5.11 Å². The van der Waals surface area contributed by atoms with Gasteiger partial charge in [0.05, 0.1) is 6.10 Å². The maximum Gasteiger partial charge on any atom is 0.129 e.